The Morgan fingerprint density at radius 3 is 2.58 bits per heavy atom. The van der Waals surface area contributed by atoms with Gasteiger partial charge in [-0.2, -0.15) is 11.8 Å². The van der Waals surface area contributed by atoms with Crippen LogP contribution in [-0.4, -0.2) is 44.8 Å². The van der Waals surface area contributed by atoms with Crippen LogP contribution in [0.15, 0.2) is 24.3 Å². The number of nitrogens with zero attached hydrogens (tertiary/aromatic N) is 1. The van der Waals surface area contributed by atoms with Gasteiger partial charge in [0.1, 0.15) is 5.75 Å². The first-order chi connectivity index (χ1) is 9.29. The highest BCUT2D eigenvalue weighted by Gasteiger charge is 2.13. The molecule has 1 aliphatic heterocycles. The molecule has 0 radical (unpaired) electrons. The van der Waals surface area contributed by atoms with Crippen molar-refractivity contribution in [3.05, 3.63) is 24.3 Å². The molecular formula is C15H24N2OS. The summed E-state index contributed by atoms with van der Waals surface area (Å²) in [5.74, 6) is 2.12. The van der Waals surface area contributed by atoms with Crippen LogP contribution in [-0.2, 0) is 0 Å². The molecule has 0 atom stereocenters. The zero-order valence-corrected chi connectivity index (χ0v) is 12.7. The summed E-state index contributed by atoms with van der Waals surface area (Å²) in [4.78, 5) is 2.31. The number of piperidine rings is 1. The summed E-state index contributed by atoms with van der Waals surface area (Å²) in [6.07, 6.45) is 2.63. The Labute approximate surface area is 120 Å². The van der Waals surface area contributed by atoms with Crippen molar-refractivity contribution in [3.8, 4) is 5.75 Å². The van der Waals surface area contributed by atoms with Crippen LogP contribution < -0.4 is 15.0 Å². The lowest BCUT2D eigenvalue weighted by Crippen LogP contribution is -2.30. The normalized spacial score (nSPS) is 16.3. The van der Waals surface area contributed by atoms with Crippen molar-refractivity contribution in [3.63, 3.8) is 0 Å². The molecule has 0 saturated carbocycles. The lowest BCUT2D eigenvalue weighted by Gasteiger charge is -2.24. The largest absolute Gasteiger partial charge is 0.497 e. The molecule has 1 N–H and O–H groups in total. The van der Waals surface area contributed by atoms with E-state index in [1.807, 2.05) is 12.1 Å². The summed E-state index contributed by atoms with van der Waals surface area (Å²) in [5.41, 5.74) is 1.26. The van der Waals surface area contributed by atoms with Crippen LogP contribution in [0.1, 0.15) is 12.8 Å². The van der Waals surface area contributed by atoms with Gasteiger partial charge in [-0.05, 0) is 50.2 Å². The van der Waals surface area contributed by atoms with Crippen molar-refractivity contribution < 1.29 is 4.74 Å². The predicted molar refractivity (Wildman–Crippen MR) is 84.6 cm³/mol. The minimum Gasteiger partial charge on any atom is -0.497 e. The maximum absolute atomic E-state index is 5.18. The van der Waals surface area contributed by atoms with Gasteiger partial charge in [0.15, 0.2) is 0 Å². The van der Waals surface area contributed by atoms with Gasteiger partial charge in [0, 0.05) is 30.3 Å². The van der Waals surface area contributed by atoms with E-state index >= 15 is 0 Å². The van der Waals surface area contributed by atoms with Crippen molar-refractivity contribution in [1.82, 2.24) is 5.32 Å². The molecule has 3 nitrogen and oxygen atoms in total. The van der Waals surface area contributed by atoms with Gasteiger partial charge >= 0.3 is 0 Å². The Hall–Kier alpha value is -0.870. The van der Waals surface area contributed by atoms with Crippen LogP contribution >= 0.6 is 11.8 Å². The Bertz CT molecular complexity index is 363. The van der Waals surface area contributed by atoms with Gasteiger partial charge in [0.2, 0.25) is 0 Å². The Balaban J connectivity index is 1.72. The van der Waals surface area contributed by atoms with Crippen molar-refractivity contribution in [2.45, 2.75) is 18.1 Å². The smallest absolute Gasteiger partial charge is 0.119 e. The molecule has 0 aromatic heterocycles. The topological polar surface area (TPSA) is 24.5 Å². The first-order valence-electron chi connectivity index (χ1n) is 6.97. The van der Waals surface area contributed by atoms with Crippen LogP contribution in [0.3, 0.4) is 0 Å². The van der Waals surface area contributed by atoms with Gasteiger partial charge in [-0.1, -0.05) is 0 Å². The van der Waals surface area contributed by atoms with E-state index in [9.17, 15) is 0 Å². The van der Waals surface area contributed by atoms with E-state index < -0.39 is 0 Å². The third-order valence-electron chi connectivity index (χ3n) is 3.58. The van der Waals surface area contributed by atoms with Gasteiger partial charge in [-0.3, -0.25) is 0 Å². The van der Waals surface area contributed by atoms with E-state index in [2.05, 4.69) is 41.2 Å². The molecule has 1 heterocycles. The second-order valence-electron chi connectivity index (χ2n) is 4.94. The molecule has 4 heteroatoms. The molecule has 2 rings (SSSR count). The third kappa shape index (κ3) is 4.62. The Morgan fingerprint density at radius 2 is 1.95 bits per heavy atom. The molecular weight excluding hydrogens is 256 g/mol. The van der Waals surface area contributed by atoms with E-state index in [1.54, 1.807) is 7.11 Å². The maximum atomic E-state index is 5.18. The molecule has 106 valence electrons. The molecule has 1 aliphatic rings. The second kappa shape index (κ2) is 7.65. The zero-order valence-electron chi connectivity index (χ0n) is 11.9. The molecule has 0 amide bonds. The lowest BCUT2D eigenvalue weighted by molar-refractivity contribution is 0.415. The molecule has 0 unspecified atom stereocenters. The monoisotopic (exact) mass is 280 g/mol. The predicted octanol–water partition coefficient (Wildman–Crippen LogP) is 2.62. The fraction of sp³-hybridized carbons (Fsp3) is 0.600. The average molecular weight is 280 g/mol. The first-order valence-corrected chi connectivity index (χ1v) is 8.02. The minimum atomic E-state index is 0.852. The van der Waals surface area contributed by atoms with E-state index in [-0.39, 0.29) is 0 Å². The number of hydrogen-bond donors (Lipinski definition) is 1. The summed E-state index contributed by atoms with van der Waals surface area (Å²) >= 11 is 2.12. The van der Waals surface area contributed by atoms with Crippen LogP contribution in [0.2, 0.25) is 0 Å². The SMILES string of the molecule is COc1ccc(N(C)CCSC2CCNCC2)cc1. The number of rotatable bonds is 6. The van der Waals surface area contributed by atoms with Crippen LogP contribution in [0.25, 0.3) is 0 Å². The van der Waals surface area contributed by atoms with Gasteiger partial charge in [0.25, 0.3) is 0 Å². The molecule has 1 aromatic rings. The Morgan fingerprint density at radius 1 is 1.26 bits per heavy atom. The van der Waals surface area contributed by atoms with E-state index in [0.717, 1.165) is 17.5 Å². The highest BCUT2D eigenvalue weighted by Crippen LogP contribution is 2.22. The number of ether oxygens (including phenoxy) is 1. The molecule has 1 saturated heterocycles. The summed E-state index contributed by atoms with van der Waals surface area (Å²) in [7, 11) is 3.86. The van der Waals surface area contributed by atoms with Gasteiger partial charge in [-0.25, -0.2) is 0 Å². The van der Waals surface area contributed by atoms with Gasteiger partial charge in [0.05, 0.1) is 7.11 Å². The standard InChI is InChI=1S/C15H24N2OS/c1-17(13-3-5-14(18-2)6-4-13)11-12-19-15-7-9-16-10-8-15/h3-6,15-16H,7-12H2,1-2H3. The Kier molecular flexibility index (Phi) is 5.86. The first kappa shape index (κ1) is 14.5. The van der Waals surface area contributed by atoms with E-state index in [4.69, 9.17) is 4.74 Å². The molecule has 0 bridgehead atoms. The third-order valence-corrected chi connectivity index (χ3v) is 4.94. The van der Waals surface area contributed by atoms with Crippen molar-refractivity contribution >= 4 is 17.4 Å². The summed E-state index contributed by atoms with van der Waals surface area (Å²) in [5, 5.41) is 4.27. The van der Waals surface area contributed by atoms with Crippen molar-refractivity contribution in [2.75, 3.05) is 44.4 Å². The zero-order chi connectivity index (χ0) is 13.5. The minimum absolute atomic E-state index is 0.852. The highest BCUT2D eigenvalue weighted by molar-refractivity contribution is 7.99. The number of benzene rings is 1. The second-order valence-corrected chi connectivity index (χ2v) is 6.35. The fourth-order valence-electron chi connectivity index (χ4n) is 2.28. The summed E-state index contributed by atoms with van der Waals surface area (Å²) in [6.45, 7) is 3.47. The molecule has 0 spiro atoms. The average Bonchev–Trinajstić information content (AvgIpc) is 2.48. The number of thioether (sulfide) groups is 1. The van der Waals surface area contributed by atoms with Crippen LogP contribution in [0, 0.1) is 0 Å². The molecule has 0 aliphatic carbocycles. The quantitative estimate of drug-likeness (QED) is 0.866. The number of hydrogen-bond acceptors (Lipinski definition) is 4. The lowest BCUT2D eigenvalue weighted by atomic mass is 10.2. The van der Waals surface area contributed by atoms with Crippen LogP contribution in [0.4, 0.5) is 5.69 Å². The molecule has 1 aromatic carbocycles. The van der Waals surface area contributed by atoms with Gasteiger partial charge < -0.3 is 15.0 Å². The van der Waals surface area contributed by atoms with Crippen molar-refractivity contribution in [1.29, 1.82) is 0 Å². The highest BCUT2D eigenvalue weighted by atomic mass is 32.2. The number of nitrogens with one attached hydrogen (secondary N) is 1. The summed E-state index contributed by atoms with van der Waals surface area (Å²) in [6, 6.07) is 8.28. The fourth-order valence-corrected chi connectivity index (χ4v) is 3.57. The summed E-state index contributed by atoms with van der Waals surface area (Å²) < 4.78 is 5.18. The van der Waals surface area contributed by atoms with E-state index in [1.165, 1.54) is 37.4 Å². The number of methoxy groups -OCH3 is 1. The number of anilines is 1. The van der Waals surface area contributed by atoms with Crippen LogP contribution in [0.5, 0.6) is 5.75 Å². The van der Waals surface area contributed by atoms with E-state index in [0.29, 0.717) is 0 Å². The molecule has 1 fully saturated rings. The van der Waals surface area contributed by atoms with Crippen molar-refractivity contribution in [2.24, 2.45) is 0 Å². The maximum Gasteiger partial charge on any atom is 0.119 e. The van der Waals surface area contributed by atoms with Gasteiger partial charge in [-0.15, -0.1) is 0 Å². The molecule has 19 heavy (non-hydrogen) atoms.